The molecular formula is C59H103NO8P+. The number of esters is 2. The molecular weight excluding hydrogens is 882 g/mol. The molecule has 0 aromatic rings. The third kappa shape index (κ3) is 54.1. The summed E-state index contributed by atoms with van der Waals surface area (Å²) < 4.78 is 34.4. The smallest absolute Gasteiger partial charge is 0.462 e. The minimum Gasteiger partial charge on any atom is -0.462 e. The second kappa shape index (κ2) is 49.9. The van der Waals surface area contributed by atoms with Crippen molar-refractivity contribution >= 4 is 19.8 Å². The molecule has 0 heterocycles. The van der Waals surface area contributed by atoms with E-state index in [1.54, 1.807) is 0 Å². The van der Waals surface area contributed by atoms with E-state index in [2.05, 4.69) is 111 Å². The van der Waals surface area contributed by atoms with E-state index in [0.717, 1.165) is 109 Å². The van der Waals surface area contributed by atoms with E-state index in [9.17, 15) is 19.0 Å². The first-order valence-corrected chi connectivity index (χ1v) is 29.0. The van der Waals surface area contributed by atoms with Crippen molar-refractivity contribution in [3.8, 4) is 0 Å². The van der Waals surface area contributed by atoms with Gasteiger partial charge in [0, 0.05) is 12.8 Å². The summed E-state index contributed by atoms with van der Waals surface area (Å²) in [7, 11) is 1.46. The SMILES string of the molecule is CC/C=C\C/C=C\C/C=C\C/C=C\C/C=C\C/C=C\C/C=C\CCCCCCCCCCCCCCCC(=O)OC(COC(=O)CCCCCCC/C=C\CCC)COP(=O)(O)OCC[N+](C)(C)C. The van der Waals surface area contributed by atoms with Crippen molar-refractivity contribution < 1.29 is 42.1 Å². The Kier molecular flexibility index (Phi) is 47.7. The van der Waals surface area contributed by atoms with Crippen molar-refractivity contribution in [2.24, 2.45) is 0 Å². The molecule has 0 saturated heterocycles. The molecule has 69 heavy (non-hydrogen) atoms. The van der Waals surface area contributed by atoms with Crippen LogP contribution in [-0.4, -0.2) is 74.9 Å². The number of hydrogen-bond acceptors (Lipinski definition) is 7. The molecule has 0 aliphatic heterocycles. The first kappa shape index (κ1) is 65.9. The van der Waals surface area contributed by atoms with Crippen LogP contribution < -0.4 is 0 Å². The Balaban J connectivity index is 4.04. The van der Waals surface area contributed by atoms with Crippen LogP contribution in [0.25, 0.3) is 0 Å². The molecule has 10 heteroatoms. The third-order valence-electron chi connectivity index (χ3n) is 11.3. The van der Waals surface area contributed by atoms with Crippen LogP contribution in [-0.2, 0) is 32.7 Å². The van der Waals surface area contributed by atoms with Crippen LogP contribution >= 0.6 is 7.82 Å². The van der Waals surface area contributed by atoms with Gasteiger partial charge in [0.15, 0.2) is 6.10 Å². The lowest BCUT2D eigenvalue weighted by Gasteiger charge is -2.24. The molecule has 0 amide bonds. The van der Waals surface area contributed by atoms with Gasteiger partial charge in [-0.15, -0.1) is 0 Å². The van der Waals surface area contributed by atoms with Gasteiger partial charge in [-0.3, -0.25) is 18.6 Å². The molecule has 2 atom stereocenters. The summed E-state index contributed by atoms with van der Waals surface area (Å²) in [4.78, 5) is 35.5. The second-order valence-electron chi connectivity index (χ2n) is 19.2. The fourth-order valence-electron chi connectivity index (χ4n) is 7.11. The molecule has 0 rings (SSSR count). The van der Waals surface area contributed by atoms with Crippen molar-refractivity contribution in [1.29, 1.82) is 0 Å². The summed E-state index contributed by atoms with van der Waals surface area (Å²) in [6.45, 7) is 4.23. The lowest BCUT2D eigenvalue weighted by Crippen LogP contribution is -2.37. The number of hydrogen-bond donors (Lipinski definition) is 1. The zero-order valence-electron chi connectivity index (χ0n) is 44.8. The zero-order chi connectivity index (χ0) is 50.6. The zero-order valence-corrected chi connectivity index (χ0v) is 45.7. The van der Waals surface area contributed by atoms with Crippen LogP contribution in [0, 0.1) is 0 Å². The summed E-state index contributed by atoms with van der Waals surface area (Å²) >= 11 is 0. The standard InChI is InChI=1S/C59H102NO8P/c1-6-8-10-12-14-16-18-19-20-21-22-23-24-25-26-27-28-29-30-31-32-33-34-35-36-37-38-39-40-41-42-44-46-48-50-52-59(62)68-57(56-67-69(63,64)66-54-53-60(3,4)5)55-65-58(61)51-49-47-45-43-17-15-13-11-9-7-2/h8,10-11,13-14,16,19-20,22-23,25-26,28-29,31-32,57H,6-7,9,12,15,17-18,21,24,27,30,33-56H2,1-5H3/p+1/b10-8-,13-11-,16-14-,20-19-,23-22-,26-25-,29-28-,32-31-. The Hall–Kier alpha value is -3.07. The monoisotopic (exact) mass is 985 g/mol. The van der Waals surface area contributed by atoms with E-state index in [4.69, 9.17) is 18.5 Å². The van der Waals surface area contributed by atoms with Crippen LogP contribution in [0.5, 0.6) is 0 Å². The number of ether oxygens (including phenoxy) is 2. The van der Waals surface area contributed by atoms with Crippen molar-refractivity contribution in [1.82, 2.24) is 0 Å². The highest BCUT2D eigenvalue weighted by Gasteiger charge is 2.27. The average Bonchev–Trinajstić information content (AvgIpc) is 3.31. The van der Waals surface area contributed by atoms with Crippen LogP contribution in [0.3, 0.4) is 0 Å². The van der Waals surface area contributed by atoms with E-state index in [1.807, 2.05) is 21.1 Å². The van der Waals surface area contributed by atoms with Crippen LogP contribution in [0.15, 0.2) is 97.2 Å². The van der Waals surface area contributed by atoms with Gasteiger partial charge in [0.25, 0.3) is 0 Å². The van der Waals surface area contributed by atoms with Gasteiger partial charge in [0.1, 0.15) is 19.8 Å². The first-order valence-electron chi connectivity index (χ1n) is 27.5. The molecule has 0 aliphatic rings. The van der Waals surface area contributed by atoms with Gasteiger partial charge < -0.3 is 18.9 Å². The molecule has 0 spiro atoms. The molecule has 0 bridgehead atoms. The molecule has 0 aliphatic carbocycles. The van der Waals surface area contributed by atoms with Gasteiger partial charge in [-0.2, -0.15) is 0 Å². The predicted molar refractivity (Wildman–Crippen MR) is 293 cm³/mol. The van der Waals surface area contributed by atoms with E-state index < -0.39 is 26.5 Å². The number of phosphoric acid groups is 1. The van der Waals surface area contributed by atoms with E-state index in [-0.39, 0.29) is 32.0 Å². The molecule has 9 nitrogen and oxygen atoms in total. The summed E-state index contributed by atoms with van der Waals surface area (Å²) in [6.07, 6.45) is 67.8. The van der Waals surface area contributed by atoms with E-state index in [1.165, 1.54) is 70.6 Å². The molecule has 0 aromatic carbocycles. The molecule has 0 radical (unpaired) electrons. The van der Waals surface area contributed by atoms with E-state index >= 15 is 0 Å². The number of nitrogens with zero attached hydrogens (tertiary/aromatic N) is 1. The highest BCUT2D eigenvalue weighted by Crippen LogP contribution is 2.43. The first-order chi connectivity index (χ1) is 33.5. The van der Waals surface area contributed by atoms with Crippen LogP contribution in [0.2, 0.25) is 0 Å². The third-order valence-corrected chi connectivity index (χ3v) is 12.3. The Morgan fingerprint density at radius 1 is 0.464 bits per heavy atom. The van der Waals surface area contributed by atoms with E-state index in [0.29, 0.717) is 17.4 Å². The average molecular weight is 985 g/mol. The van der Waals surface area contributed by atoms with Gasteiger partial charge in [0.05, 0.1) is 27.7 Å². The minimum atomic E-state index is -4.38. The van der Waals surface area contributed by atoms with Crippen molar-refractivity contribution in [3.63, 3.8) is 0 Å². The number of carbonyl (C=O) groups excluding carboxylic acids is 2. The Bertz CT molecular complexity index is 1490. The fourth-order valence-corrected chi connectivity index (χ4v) is 7.86. The highest BCUT2D eigenvalue weighted by molar-refractivity contribution is 7.47. The number of quaternary nitrogens is 1. The summed E-state index contributed by atoms with van der Waals surface area (Å²) in [5.74, 6) is -0.816. The van der Waals surface area contributed by atoms with Crippen molar-refractivity contribution in [3.05, 3.63) is 97.2 Å². The molecule has 1 N–H and O–H groups in total. The largest absolute Gasteiger partial charge is 0.472 e. The quantitative estimate of drug-likeness (QED) is 0.0211. The summed E-state index contributed by atoms with van der Waals surface area (Å²) in [5.41, 5.74) is 0. The Labute approximate surface area is 423 Å². The predicted octanol–water partition coefficient (Wildman–Crippen LogP) is 16.9. The molecule has 2 unspecified atom stereocenters. The number of unbranched alkanes of at least 4 members (excludes halogenated alkanes) is 19. The minimum absolute atomic E-state index is 0.0269. The Morgan fingerprint density at radius 3 is 1.25 bits per heavy atom. The lowest BCUT2D eigenvalue weighted by atomic mass is 10.0. The molecule has 0 aromatic heterocycles. The van der Waals surface area contributed by atoms with Crippen LogP contribution in [0.4, 0.5) is 0 Å². The summed E-state index contributed by atoms with van der Waals surface area (Å²) in [6, 6.07) is 0. The van der Waals surface area contributed by atoms with Crippen molar-refractivity contribution in [2.45, 2.75) is 219 Å². The second-order valence-corrected chi connectivity index (χ2v) is 20.7. The van der Waals surface area contributed by atoms with Gasteiger partial charge in [0.2, 0.25) is 0 Å². The van der Waals surface area contributed by atoms with Crippen molar-refractivity contribution in [2.75, 3.05) is 47.5 Å². The number of phosphoric ester groups is 1. The molecule has 0 fully saturated rings. The number of carbonyl (C=O) groups is 2. The molecule has 0 saturated carbocycles. The van der Waals surface area contributed by atoms with Crippen LogP contribution in [0.1, 0.15) is 213 Å². The number of likely N-dealkylation sites (N-methyl/N-ethyl adjacent to an activating group) is 1. The maximum absolute atomic E-state index is 12.8. The molecule has 396 valence electrons. The number of allylic oxidation sites excluding steroid dienone is 16. The summed E-state index contributed by atoms with van der Waals surface area (Å²) in [5, 5.41) is 0. The topological polar surface area (TPSA) is 108 Å². The fraction of sp³-hybridized carbons (Fsp3) is 0.695. The Morgan fingerprint density at radius 2 is 0.826 bits per heavy atom. The maximum atomic E-state index is 12.8. The van der Waals surface area contributed by atoms with Gasteiger partial charge in [-0.25, -0.2) is 4.57 Å². The number of rotatable bonds is 49. The lowest BCUT2D eigenvalue weighted by molar-refractivity contribution is -0.870. The van der Waals surface area contributed by atoms with Gasteiger partial charge in [-0.1, -0.05) is 207 Å². The maximum Gasteiger partial charge on any atom is 0.472 e. The van der Waals surface area contributed by atoms with Gasteiger partial charge >= 0.3 is 19.8 Å². The van der Waals surface area contributed by atoms with Gasteiger partial charge in [-0.05, 0) is 89.9 Å². The normalized spacial score (nSPS) is 14.1. The highest BCUT2D eigenvalue weighted by atomic mass is 31.2.